The zero-order valence-electron chi connectivity index (χ0n) is 22.6. The van der Waals surface area contributed by atoms with E-state index in [0.717, 1.165) is 12.0 Å². The number of hydrogen-bond acceptors (Lipinski definition) is 7. The molecule has 11 heteroatoms. The molecular weight excluding hydrogens is 558 g/mol. The molecule has 2 N–H and O–H groups in total. The Hall–Kier alpha value is -4.22. The van der Waals surface area contributed by atoms with Crippen LogP contribution in [-0.2, 0) is 21.2 Å². The van der Waals surface area contributed by atoms with Crippen LogP contribution in [0.4, 0.5) is 11.6 Å². The minimum Gasteiger partial charge on any atom is -0.326 e. The predicted molar refractivity (Wildman–Crippen MR) is 160 cm³/mol. The Bertz CT molecular complexity index is 1640. The number of hydrogen-bond donors (Lipinski definition) is 2. The summed E-state index contributed by atoms with van der Waals surface area (Å²) in [6, 6.07) is 24.9. The van der Waals surface area contributed by atoms with Gasteiger partial charge in [-0.05, 0) is 73.9 Å². The second kappa shape index (κ2) is 12.1. The molecule has 41 heavy (non-hydrogen) atoms. The number of rotatable bonds is 9. The first-order valence-corrected chi connectivity index (χ1v) is 15.5. The Morgan fingerprint density at radius 1 is 0.951 bits per heavy atom. The molecule has 1 fully saturated rings. The van der Waals surface area contributed by atoms with E-state index in [0.29, 0.717) is 34.9 Å². The summed E-state index contributed by atoms with van der Waals surface area (Å²) in [7, 11) is -3.90. The molecule has 4 aromatic rings. The molecule has 1 aliphatic heterocycles. The standard InChI is InChI=1S/C30H29N5O4S2/c1-20-18-21(2)32-30(31-20)34-41(38,39)26-14-12-25(13-15-26)33-28(37)23-8-10-24(11-9-23)29-35(27(36)19-40-29)17-16-22-6-4-3-5-7-22/h3-15,18,29H,16-17,19H2,1-2H3,(H,33,37)(H,31,32,34). The van der Waals surface area contributed by atoms with Crippen molar-refractivity contribution in [1.82, 2.24) is 14.9 Å². The molecule has 3 aromatic carbocycles. The van der Waals surface area contributed by atoms with Gasteiger partial charge in [-0.25, -0.2) is 23.1 Å². The fourth-order valence-electron chi connectivity index (χ4n) is 4.54. The predicted octanol–water partition coefficient (Wildman–Crippen LogP) is 4.96. The molecule has 0 spiro atoms. The van der Waals surface area contributed by atoms with Crippen LogP contribution in [0.3, 0.4) is 0 Å². The second-order valence-corrected chi connectivity index (χ2v) is 12.4. The van der Waals surface area contributed by atoms with Gasteiger partial charge in [0.1, 0.15) is 5.37 Å². The van der Waals surface area contributed by atoms with Gasteiger partial charge in [-0.15, -0.1) is 11.8 Å². The summed E-state index contributed by atoms with van der Waals surface area (Å²) in [6.07, 6.45) is 0.777. The number of amides is 2. The van der Waals surface area contributed by atoms with Gasteiger partial charge in [0, 0.05) is 29.2 Å². The average Bonchev–Trinajstić information content (AvgIpc) is 3.32. The van der Waals surface area contributed by atoms with Crippen LogP contribution >= 0.6 is 11.8 Å². The van der Waals surface area contributed by atoms with Gasteiger partial charge in [0.05, 0.1) is 10.6 Å². The lowest BCUT2D eigenvalue weighted by molar-refractivity contribution is -0.128. The third-order valence-corrected chi connectivity index (χ3v) is 9.14. The lowest BCUT2D eigenvalue weighted by Gasteiger charge is -2.24. The van der Waals surface area contributed by atoms with Crippen LogP contribution in [0, 0.1) is 13.8 Å². The van der Waals surface area contributed by atoms with Crippen molar-refractivity contribution >= 4 is 45.2 Å². The van der Waals surface area contributed by atoms with E-state index in [-0.39, 0.29) is 28.0 Å². The number of benzene rings is 3. The summed E-state index contributed by atoms with van der Waals surface area (Å²) in [6.45, 7) is 4.14. The monoisotopic (exact) mass is 587 g/mol. The number of carbonyl (C=O) groups excluding carboxylic acids is 2. The van der Waals surface area contributed by atoms with E-state index in [1.54, 1.807) is 43.8 Å². The van der Waals surface area contributed by atoms with Crippen LogP contribution in [0.1, 0.15) is 38.2 Å². The Labute approximate surface area is 243 Å². The van der Waals surface area contributed by atoms with Crippen molar-refractivity contribution in [2.24, 2.45) is 0 Å². The van der Waals surface area contributed by atoms with E-state index in [9.17, 15) is 18.0 Å². The van der Waals surface area contributed by atoms with E-state index >= 15 is 0 Å². The molecule has 0 bridgehead atoms. The maximum absolute atomic E-state index is 12.9. The van der Waals surface area contributed by atoms with Crippen molar-refractivity contribution in [2.45, 2.75) is 30.5 Å². The molecule has 0 aliphatic carbocycles. The molecule has 1 aromatic heterocycles. The van der Waals surface area contributed by atoms with Gasteiger partial charge in [0.15, 0.2) is 0 Å². The minimum atomic E-state index is -3.90. The van der Waals surface area contributed by atoms with Crippen LogP contribution in [0.25, 0.3) is 0 Å². The summed E-state index contributed by atoms with van der Waals surface area (Å²) in [5.74, 6) is 0.216. The highest BCUT2D eigenvalue weighted by Gasteiger charge is 2.32. The number of sulfonamides is 1. The van der Waals surface area contributed by atoms with Gasteiger partial charge in [-0.3, -0.25) is 9.59 Å². The number of thioether (sulfide) groups is 1. The smallest absolute Gasteiger partial charge is 0.264 e. The molecule has 9 nitrogen and oxygen atoms in total. The summed E-state index contributed by atoms with van der Waals surface area (Å²) < 4.78 is 27.9. The van der Waals surface area contributed by atoms with Crippen LogP contribution in [0.5, 0.6) is 0 Å². The topological polar surface area (TPSA) is 121 Å². The van der Waals surface area contributed by atoms with Gasteiger partial charge in [0.25, 0.3) is 15.9 Å². The number of aryl methyl sites for hydroxylation is 2. The van der Waals surface area contributed by atoms with Crippen LogP contribution in [0.15, 0.2) is 89.8 Å². The normalized spacial score (nSPS) is 15.1. The molecule has 210 valence electrons. The SMILES string of the molecule is Cc1cc(C)nc(NS(=O)(=O)c2ccc(NC(=O)c3ccc(C4SCC(=O)N4CCc4ccccc4)cc3)cc2)n1. The summed E-state index contributed by atoms with van der Waals surface area (Å²) in [4.78, 5) is 35.6. The first-order valence-electron chi connectivity index (χ1n) is 13.0. The maximum Gasteiger partial charge on any atom is 0.264 e. The highest BCUT2D eigenvalue weighted by atomic mass is 32.2. The van der Waals surface area contributed by atoms with Crippen LogP contribution in [0.2, 0.25) is 0 Å². The Kier molecular flexibility index (Phi) is 8.36. The van der Waals surface area contributed by atoms with Gasteiger partial charge < -0.3 is 10.2 Å². The lowest BCUT2D eigenvalue weighted by Crippen LogP contribution is -2.30. The van der Waals surface area contributed by atoms with E-state index < -0.39 is 10.0 Å². The Balaban J connectivity index is 1.21. The average molecular weight is 588 g/mol. The maximum atomic E-state index is 12.9. The quantitative estimate of drug-likeness (QED) is 0.284. The highest BCUT2D eigenvalue weighted by molar-refractivity contribution is 8.00. The molecule has 2 amide bonds. The number of nitrogens with one attached hydrogen (secondary N) is 2. The third-order valence-electron chi connectivity index (χ3n) is 6.54. The molecular formula is C30H29N5O4S2. The van der Waals surface area contributed by atoms with Gasteiger partial charge in [0.2, 0.25) is 11.9 Å². The summed E-state index contributed by atoms with van der Waals surface area (Å²) in [5.41, 5.74) is 4.34. The fourth-order valence-corrected chi connectivity index (χ4v) is 6.70. The Morgan fingerprint density at radius 3 is 2.27 bits per heavy atom. The zero-order valence-corrected chi connectivity index (χ0v) is 24.2. The van der Waals surface area contributed by atoms with Crippen molar-refractivity contribution in [2.75, 3.05) is 22.3 Å². The lowest BCUT2D eigenvalue weighted by atomic mass is 10.1. The largest absolute Gasteiger partial charge is 0.326 e. The van der Waals surface area contributed by atoms with E-state index in [4.69, 9.17) is 0 Å². The van der Waals surface area contributed by atoms with Crippen molar-refractivity contribution in [3.05, 3.63) is 113 Å². The van der Waals surface area contributed by atoms with Crippen molar-refractivity contribution in [3.63, 3.8) is 0 Å². The Morgan fingerprint density at radius 2 is 1.61 bits per heavy atom. The molecule has 0 saturated carbocycles. The first-order chi connectivity index (χ1) is 19.7. The number of carbonyl (C=O) groups is 2. The van der Waals surface area contributed by atoms with Gasteiger partial charge in [-0.1, -0.05) is 42.5 Å². The molecule has 1 atom stereocenters. The fraction of sp³-hybridized carbons (Fsp3) is 0.200. The number of aromatic nitrogens is 2. The second-order valence-electron chi connectivity index (χ2n) is 9.67. The van der Waals surface area contributed by atoms with Crippen molar-refractivity contribution < 1.29 is 18.0 Å². The van der Waals surface area contributed by atoms with E-state index in [2.05, 4.69) is 32.1 Å². The first kappa shape index (κ1) is 28.3. The zero-order chi connectivity index (χ0) is 29.0. The summed E-state index contributed by atoms with van der Waals surface area (Å²) >= 11 is 1.58. The number of anilines is 2. The molecule has 2 heterocycles. The molecule has 1 unspecified atom stereocenters. The van der Waals surface area contributed by atoms with E-state index in [1.807, 2.05) is 35.2 Å². The molecule has 5 rings (SSSR count). The van der Waals surface area contributed by atoms with Crippen molar-refractivity contribution in [1.29, 1.82) is 0 Å². The van der Waals surface area contributed by atoms with Gasteiger partial charge >= 0.3 is 0 Å². The molecule has 1 saturated heterocycles. The van der Waals surface area contributed by atoms with Crippen LogP contribution in [-0.4, -0.2) is 47.4 Å². The highest BCUT2D eigenvalue weighted by Crippen LogP contribution is 2.38. The van der Waals surface area contributed by atoms with Crippen molar-refractivity contribution in [3.8, 4) is 0 Å². The van der Waals surface area contributed by atoms with Crippen LogP contribution < -0.4 is 10.0 Å². The summed E-state index contributed by atoms with van der Waals surface area (Å²) in [5, 5.41) is 2.70. The van der Waals surface area contributed by atoms with E-state index in [1.165, 1.54) is 29.8 Å². The third kappa shape index (κ3) is 6.93. The minimum absolute atomic E-state index is 0.00279. The van der Waals surface area contributed by atoms with Gasteiger partial charge in [-0.2, -0.15) is 0 Å². The number of nitrogens with zero attached hydrogens (tertiary/aromatic N) is 3. The molecule has 0 radical (unpaired) electrons. The molecule has 1 aliphatic rings.